The van der Waals surface area contributed by atoms with Crippen LogP contribution in [0.2, 0.25) is 0 Å². The standard InChI is InChI=1S/C19H20N4O3/c1-26-19(25)17-12-22(7-6-18(17)24)11-16-9-21-13-23(16)10-15-4-2-14(8-20)3-5-15/h2-5,9,13,17H,6-7,10-12H2,1H3. The number of ether oxygens (including phenoxy) is 1. The van der Waals surface area contributed by atoms with Crippen molar-refractivity contribution in [2.24, 2.45) is 5.92 Å². The second-order valence-electron chi connectivity index (χ2n) is 6.35. The molecule has 134 valence electrons. The Bertz CT molecular complexity index is 827. The summed E-state index contributed by atoms with van der Waals surface area (Å²) < 4.78 is 6.77. The average Bonchev–Trinajstić information content (AvgIpc) is 3.10. The van der Waals surface area contributed by atoms with Crippen LogP contribution in [0.1, 0.15) is 23.2 Å². The van der Waals surface area contributed by atoms with E-state index in [0.29, 0.717) is 38.2 Å². The number of likely N-dealkylation sites (tertiary alicyclic amines) is 1. The van der Waals surface area contributed by atoms with Gasteiger partial charge in [0.25, 0.3) is 0 Å². The number of aromatic nitrogens is 2. The van der Waals surface area contributed by atoms with Crippen molar-refractivity contribution in [1.82, 2.24) is 14.5 Å². The molecule has 0 bridgehead atoms. The first-order valence-corrected chi connectivity index (χ1v) is 8.41. The van der Waals surface area contributed by atoms with Crippen LogP contribution < -0.4 is 0 Å². The van der Waals surface area contributed by atoms with Gasteiger partial charge >= 0.3 is 5.97 Å². The minimum Gasteiger partial charge on any atom is -0.468 e. The van der Waals surface area contributed by atoms with E-state index < -0.39 is 11.9 Å². The number of imidazole rings is 1. The minimum absolute atomic E-state index is 0.0563. The number of hydrogen-bond donors (Lipinski definition) is 0. The number of nitriles is 1. The highest BCUT2D eigenvalue weighted by atomic mass is 16.5. The summed E-state index contributed by atoms with van der Waals surface area (Å²) in [5.74, 6) is -1.23. The summed E-state index contributed by atoms with van der Waals surface area (Å²) in [5.41, 5.74) is 2.71. The van der Waals surface area contributed by atoms with E-state index in [1.807, 2.05) is 16.7 Å². The molecule has 0 amide bonds. The van der Waals surface area contributed by atoms with Gasteiger partial charge in [0, 0.05) is 38.8 Å². The van der Waals surface area contributed by atoms with Gasteiger partial charge in [-0.15, -0.1) is 0 Å². The molecule has 0 radical (unpaired) electrons. The van der Waals surface area contributed by atoms with Crippen LogP contribution in [0.25, 0.3) is 0 Å². The number of ketones is 1. The fraction of sp³-hybridized carbons (Fsp3) is 0.368. The first-order valence-electron chi connectivity index (χ1n) is 8.41. The molecule has 0 aliphatic carbocycles. The monoisotopic (exact) mass is 352 g/mol. The van der Waals surface area contributed by atoms with Crippen LogP contribution in [0.3, 0.4) is 0 Å². The fourth-order valence-electron chi connectivity index (χ4n) is 3.12. The lowest BCUT2D eigenvalue weighted by Gasteiger charge is -2.30. The first-order chi connectivity index (χ1) is 12.6. The maximum absolute atomic E-state index is 11.9. The van der Waals surface area contributed by atoms with Gasteiger partial charge in [-0.1, -0.05) is 12.1 Å². The molecule has 1 atom stereocenters. The predicted molar refractivity (Wildman–Crippen MR) is 92.9 cm³/mol. The molecule has 1 unspecified atom stereocenters. The van der Waals surface area contributed by atoms with Gasteiger partial charge in [-0.05, 0) is 17.7 Å². The van der Waals surface area contributed by atoms with Crippen molar-refractivity contribution in [2.75, 3.05) is 20.2 Å². The van der Waals surface area contributed by atoms with E-state index in [2.05, 4.69) is 16.0 Å². The van der Waals surface area contributed by atoms with Crippen molar-refractivity contribution in [3.63, 3.8) is 0 Å². The molecule has 1 aromatic carbocycles. The Labute approximate surface area is 151 Å². The largest absolute Gasteiger partial charge is 0.468 e. The molecule has 1 aliphatic heterocycles. The molecule has 1 aliphatic rings. The third kappa shape index (κ3) is 3.98. The van der Waals surface area contributed by atoms with Crippen molar-refractivity contribution in [1.29, 1.82) is 5.26 Å². The quantitative estimate of drug-likeness (QED) is 0.596. The molecule has 0 spiro atoms. The Kier molecular flexibility index (Phi) is 5.44. The summed E-state index contributed by atoms with van der Waals surface area (Å²) in [6.45, 7) is 2.24. The van der Waals surface area contributed by atoms with Crippen molar-refractivity contribution >= 4 is 11.8 Å². The lowest BCUT2D eigenvalue weighted by molar-refractivity contribution is -0.152. The fourth-order valence-corrected chi connectivity index (χ4v) is 3.12. The topological polar surface area (TPSA) is 88.2 Å². The second-order valence-corrected chi connectivity index (χ2v) is 6.35. The Hall–Kier alpha value is -2.98. The Balaban J connectivity index is 1.67. The van der Waals surface area contributed by atoms with E-state index in [-0.39, 0.29) is 5.78 Å². The zero-order chi connectivity index (χ0) is 18.5. The summed E-state index contributed by atoms with van der Waals surface area (Å²) in [5, 5.41) is 8.88. The molecule has 1 saturated heterocycles. The minimum atomic E-state index is -0.705. The smallest absolute Gasteiger partial charge is 0.317 e. The number of nitrogens with zero attached hydrogens (tertiary/aromatic N) is 4. The van der Waals surface area contributed by atoms with Gasteiger partial charge in [-0.2, -0.15) is 5.26 Å². The second kappa shape index (κ2) is 7.93. The Morgan fingerprint density at radius 2 is 2.12 bits per heavy atom. The number of carbonyl (C=O) groups is 2. The van der Waals surface area contributed by atoms with Gasteiger partial charge in [0.1, 0.15) is 11.7 Å². The number of benzene rings is 1. The maximum Gasteiger partial charge on any atom is 0.317 e. The van der Waals surface area contributed by atoms with Crippen LogP contribution in [-0.2, 0) is 27.4 Å². The molecular formula is C19H20N4O3. The van der Waals surface area contributed by atoms with Gasteiger partial charge in [-0.3, -0.25) is 14.5 Å². The molecule has 2 heterocycles. The van der Waals surface area contributed by atoms with Crippen molar-refractivity contribution in [2.45, 2.75) is 19.5 Å². The van der Waals surface area contributed by atoms with Crippen LogP contribution >= 0.6 is 0 Å². The van der Waals surface area contributed by atoms with Crippen LogP contribution in [-0.4, -0.2) is 46.4 Å². The molecule has 26 heavy (non-hydrogen) atoms. The van der Waals surface area contributed by atoms with Gasteiger partial charge in [0.15, 0.2) is 0 Å². The molecular weight excluding hydrogens is 332 g/mol. The van der Waals surface area contributed by atoms with E-state index in [1.54, 1.807) is 24.7 Å². The van der Waals surface area contributed by atoms with Gasteiger partial charge < -0.3 is 9.30 Å². The summed E-state index contributed by atoms with van der Waals surface area (Å²) in [6, 6.07) is 9.55. The van der Waals surface area contributed by atoms with Crippen molar-refractivity contribution in [3.8, 4) is 6.07 Å². The number of piperidine rings is 1. The lowest BCUT2D eigenvalue weighted by Crippen LogP contribution is -2.44. The van der Waals surface area contributed by atoms with Crippen LogP contribution in [0, 0.1) is 17.2 Å². The summed E-state index contributed by atoms with van der Waals surface area (Å²) in [6.07, 6.45) is 3.91. The SMILES string of the molecule is COC(=O)C1CN(Cc2cncn2Cc2ccc(C#N)cc2)CCC1=O. The summed E-state index contributed by atoms with van der Waals surface area (Å²) in [7, 11) is 1.31. The predicted octanol–water partition coefficient (Wildman–Crippen LogP) is 1.37. The molecule has 3 rings (SSSR count). The number of methoxy groups -OCH3 is 1. The number of esters is 1. The lowest BCUT2D eigenvalue weighted by atomic mass is 9.96. The zero-order valence-corrected chi connectivity index (χ0v) is 14.6. The molecule has 0 N–H and O–H groups in total. The highest BCUT2D eigenvalue weighted by Crippen LogP contribution is 2.18. The van der Waals surface area contributed by atoms with Gasteiger partial charge in [0.05, 0.1) is 30.8 Å². The Morgan fingerprint density at radius 3 is 2.81 bits per heavy atom. The van der Waals surface area contributed by atoms with E-state index >= 15 is 0 Å². The average molecular weight is 352 g/mol. The maximum atomic E-state index is 11.9. The third-order valence-electron chi connectivity index (χ3n) is 4.61. The molecule has 0 saturated carbocycles. The number of rotatable bonds is 5. The van der Waals surface area contributed by atoms with E-state index in [0.717, 1.165) is 11.3 Å². The van der Waals surface area contributed by atoms with Crippen molar-refractivity contribution < 1.29 is 14.3 Å². The summed E-state index contributed by atoms with van der Waals surface area (Å²) >= 11 is 0. The van der Waals surface area contributed by atoms with Gasteiger partial charge in [-0.25, -0.2) is 4.98 Å². The number of Topliss-reactive ketones (excluding diaryl/α,β-unsaturated/α-hetero) is 1. The highest BCUT2D eigenvalue weighted by molar-refractivity contribution is 5.99. The molecule has 7 nitrogen and oxygen atoms in total. The third-order valence-corrected chi connectivity index (χ3v) is 4.61. The van der Waals surface area contributed by atoms with Crippen LogP contribution in [0.15, 0.2) is 36.8 Å². The van der Waals surface area contributed by atoms with Crippen molar-refractivity contribution in [3.05, 3.63) is 53.6 Å². The normalized spacial score (nSPS) is 17.7. The van der Waals surface area contributed by atoms with E-state index in [9.17, 15) is 9.59 Å². The van der Waals surface area contributed by atoms with E-state index in [1.165, 1.54) is 7.11 Å². The van der Waals surface area contributed by atoms with E-state index in [4.69, 9.17) is 10.00 Å². The summed E-state index contributed by atoms with van der Waals surface area (Å²) in [4.78, 5) is 30.0. The molecule has 7 heteroatoms. The molecule has 1 fully saturated rings. The Morgan fingerprint density at radius 1 is 1.35 bits per heavy atom. The highest BCUT2D eigenvalue weighted by Gasteiger charge is 2.33. The van der Waals surface area contributed by atoms with Gasteiger partial charge in [0.2, 0.25) is 0 Å². The first kappa shape index (κ1) is 17.8. The van der Waals surface area contributed by atoms with Crippen LogP contribution in [0.5, 0.6) is 0 Å². The van der Waals surface area contributed by atoms with Crippen LogP contribution in [0.4, 0.5) is 0 Å². The number of hydrogen-bond acceptors (Lipinski definition) is 6. The zero-order valence-electron chi connectivity index (χ0n) is 14.6. The molecule has 2 aromatic rings. The molecule has 1 aromatic heterocycles. The number of carbonyl (C=O) groups excluding carboxylic acids is 2.